The lowest BCUT2D eigenvalue weighted by Gasteiger charge is -2.28. The van der Waals surface area contributed by atoms with E-state index in [1.54, 1.807) is 0 Å². The first-order chi connectivity index (χ1) is 5.76. The van der Waals surface area contributed by atoms with Crippen molar-refractivity contribution in [2.45, 2.75) is 37.2 Å². The zero-order chi connectivity index (χ0) is 10.0. The third kappa shape index (κ3) is 1.22. The Morgan fingerprint density at radius 2 is 2.00 bits per heavy atom. The molecule has 0 radical (unpaired) electrons. The molecule has 13 heavy (non-hydrogen) atoms. The Balaban J connectivity index is 2.24. The molecule has 0 aromatic heterocycles. The number of carbonyl (C=O) groups excluding carboxylic acids is 1. The van der Waals surface area contributed by atoms with Crippen LogP contribution in [-0.2, 0) is 9.53 Å². The topological polar surface area (TPSA) is 26.3 Å². The van der Waals surface area contributed by atoms with Crippen LogP contribution in [-0.4, -0.2) is 15.5 Å². The van der Waals surface area contributed by atoms with E-state index in [9.17, 15) is 4.79 Å². The van der Waals surface area contributed by atoms with Gasteiger partial charge in [0.25, 0.3) is 0 Å². The van der Waals surface area contributed by atoms with Crippen LogP contribution >= 0.6 is 22.6 Å². The second-order valence-electron chi connectivity index (χ2n) is 5.25. The summed E-state index contributed by atoms with van der Waals surface area (Å²) in [5.41, 5.74) is 0.183. The van der Waals surface area contributed by atoms with Crippen molar-refractivity contribution in [3.05, 3.63) is 0 Å². The summed E-state index contributed by atoms with van der Waals surface area (Å²) in [6.07, 6.45) is 0.112. The van der Waals surface area contributed by atoms with E-state index in [2.05, 4.69) is 50.3 Å². The minimum atomic E-state index is 0.0183. The number of hydrogen-bond acceptors (Lipinski definition) is 2. The van der Waals surface area contributed by atoms with Crippen LogP contribution in [0.4, 0.5) is 0 Å². The van der Waals surface area contributed by atoms with Gasteiger partial charge in [0.2, 0.25) is 0 Å². The predicted octanol–water partition coefficient (Wildman–Crippen LogP) is 2.40. The maximum absolute atomic E-state index is 11.5. The Hall–Kier alpha value is 0.200. The molecule has 2 nitrogen and oxygen atoms in total. The highest BCUT2D eigenvalue weighted by atomic mass is 127. The lowest BCUT2D eigenvalue weighted by Crippen LogP contribution is -2.35. The van der Waals surface area contributed by atoms with Gasteiger partial charge in [-0.15, -0.1) is 0 Å². The van der Waals surface area contributed by atoms with Gasteiger partial charge in [-0.2, -0.15) is 0 Å². The SMILES string of the molecule is CC(C)(I)C1OC(=O)C2C1C2(C)C. The summed E-state index contributed by atoms with van der Waals surface area (Å²) < 4.78 is 5.43. The number of fused-ring (bicyclic) bond motifs is 1. The Kier molecular flexibility index (Phi) is 1.81. The summed E-state index contributed by atoms with van der Waals surface area (Å²) in [4.78, 5) is 11.5. The van der Waals surface area contributed by atoms with E-state index in [1.807, 2.05) is 0 Å². The van der Waals surface area contributed by atoms with E-state index >= 15 is 0 Å². The average Bonchev–Trinajstić information content (AvgIpc) is 2.35. The van der Waals surface area contributed by atoms with Crippen molar-refractivity contribution in [3.8, 4) is 0 Å². The maximum atomic E-state index is 11.5. The fraction of sp³-hybridized carbons (Fsp3) is 0.900. The molecule has 1 aliphatic heterocycles. The quantitative estimate of drug-likeness (QED) is 0.422. The Labute approximate surface area is 92.5 Å². The molecule has 3 heteroatoms. The van der Waals surface area contributed by atoms with Gasteiger partial charge in [-0.3, -0.25) is 4.79 Å². The van der Waals surface area contributed by atoms with Crippen LogP contribution in [0, 0.1) is 17.3 Å². The van der Waals surface area contributed by atoms with Crippen LogP contribution in [0.15, 0.2) is 0 Å². The van der Waals surface area contributed by atoms with E-state index in [0.29, 0.717) is 5.92 Å². The van der Waals surface area contributed by atoms with Crippen LogP contribution in [0.5, 0.6) is 0 Å². The van der Waals surface area contributed by atoms with E-state index in [0.717, 1.165) is 0 Å². The fourth-order valence-electron chi connectivity index (χ4n) is 2.53. The van der Waals surface area contributed by atoms with Gasteiger partial charge in [-0.05, 0) is 19.3 Å². The van der Waals surface area contributed by atoms with Gasteiger partial charge in [0.05, 0.1) is 9.34 Å². The molecule has 0 bridgehead atoms. The number of cyclic esters (lactones) is 1. The highest BCUT2D eigenvalue weighted by Crippen LogP contribution is 2.66. The van der Waals surface area contributed by atoms with Crippen LogP contribution in [0.25, 0.3) is 0 Å². The first kappa shape index (κ1) is 9.74. The maximum Gasteiger partial charge on any atom is 0.310 e. The first-order valence-electron chi connectivity index (χ1n) is 4.65. The molecule has 2 rings (SSSR count). The standard InChI is InChI=1S/C10H15IO2/c1-9(2)5-6(9)8(12)13-7(5)10(3,4)11/h5-7H,1-4H3. The number of carbonyl (C=O) groups is 1. The molecule has 0 amide bonds. The van der Waals surface area contributed by atoms with Crippen molar-refractivity contribution < 1.29 is 9.53 Å². The number of rotatable bonds is 1. The third-order valence-electron chi connectivity index (χ3n) is 3.41. The molecule has 2 aliphatic rings. The van der Waals surface area contributed by atoms with Gasteiger partial charge < -0.3 is 4.74 Å². The smallest absolute Gasteiger partial charge is 0.310 e. The molecule has 3 atom stereocenters. The monoisotopic (exact) mass is 294 g/mol. The second kappa shape index (κ2) is 2.41. The van der Waals surface area contributed by atoms with Crippen LogP contribution in [0.1, 0.15) is 27.7 Å². The molecule has 0 spiro atoms. The minimum absolute atomic E-state index is 0.0183. The van der Waals surface area contributed by atoms with Gasteiger partial charge >= 0.3 is 5.97 Å². The average molecular weight is 294 g/mol. The Morgan fingerprint density at radius 3 is 2.23 bits per heavy atom. The molecule has 1 saturated carbocycles. The molecule has 1 aliphatic carbocycles. The third-order valence-corrected chi connectivity index (χ3v) is 4.02. The molecular formula is C10H15IO2. The van der Waals surface area contributed by atoms with E-state index in [-0.39, 0.29) is 26.8 Å². The van der Waals surface area contributed by atoms with Crippen LogP contribution in [0.3, 0.4) is 0 Å². The van der Waals surface area contributed by atoms with Crippen LogP contribution in [0.2, 0.25) is 0 Å². The van der Waals surface area contributed by atoms with Crippen molar-refractivity contribution in [2.24, 2.45) is 17.3 Å². The molecule has 74 valence electrons. The number of esters is 1. The molecule has 0 aromatic carbocycles. The normalized spacial score (nSPS) is 41.3. The largest absolute Gasteiger partial charge is 0.460 e. The molecular weight excluding hydrogens is 279 g/mol. The number of ether oxygens (including phenoxy) is 1. The van der Waals surface area contributed by atoms with Crippen molar-refractivity contribution in [1.82, 2.24) is 0 Å². The van der Waals surface area contributed by atoms with Gasteiger partial charge in [0, 0.05) is 5.92 Å². The molecule has 1 heterocycles. The lowest BCUT2D eigenvalue weighted by molar-refractivity contribution is -0.148. The first-order valence-corrected chi connectivity index (χ1v) is 5.73. The van der Waals surface area contributed by atoms with Crippen molar-refractivity contribution in [3.63, 3.8) is 0 Å². The number of hydrogen-bond donors (Lipinski definition) is 0. The van der Waals surface area contributed by atoms with Crippen LogP contribution < -0.4 is 0 Å². The highest BCUT2D eigenvalue weighted by Gasteiger charge is 2.72. The van der Waals surface area contributed by atoms with E-state index in [4.69, 9.17) is 4.74 Å². The fourth-order valence-corrected chi connectivity index (χ4v) is 3.05. The molecule has 0 aromatic rings. The minimum Gasteiger partial charge on any atom is -0.460 e. The Morgan fingerprint density at radius 1 is 1.46 bits per heavy atom. The van der Waals surface area contributed by atoms with Gasteiger partial charge in [0.15, 0.2) is 0 Å². The predicted molar refractivity (Wildman–Crippen MR) is 58.7 cm³/mol. The van der Waals surface area contributed by atoms with Gasteiger partial charge in [-0.25, -0.2) is 0 Å². The van der Waals surface area contributed by atoms with Crippen molar-refractivity contribution in [2.75, 3.05) is 0 Å². The summed E-state index contributed by atoms with van der Waals surface area (Å²) in [7, 11) is 0. The summed E-state index contributed by atoms with van der Waals surface area (Å²) in [5.74, 6) is 0.642. The molecule has 1 saturated heterocycles. The number of halogens is 1. The summed E-state index contributed by atoms with van der Waals surface area (Å²) in [5, 5.41) is 0. The van der Waals surface area contributed by atoms with Crippen molar-refractivity contribution in [1.29, 1.82) is 0 Å². The molecule has 3 unspecified atom stereocenters. The summed E-state index contributed by atoms with van der Waals surface area (Å²) >= 11 is 2.37. The zero-order valence-corrected chi connectivity index (χ0v) is 10.6. The summed E-state index contributed by atoms with van der Waals surface area (Å²) in [6, 6.07) is 0. The molecule has 2 fully saturated rings. The second-order valence-corrected chi connectivity index (χ2v) is 8.03. The summed E-state index contributed by atoms with van der Waals surface area (Å²) in [6.45, 7) is 8.58. The lowest BCUT2D eigenvalue weighted by atomic mass is 9.97. The van der Waals surface area contributed by atoms with E-state index < -0.39 is 0 Å². The highest BCUT2D eigenvalue weighted by molar-refractivity contribution is 14.1. The van der Waals surface area contributed by atoms with Gasteiger partial charge in [0.1, 0.15) is 6.10 Å². The van der Waals surface area contributed by atoms with Gasteiger partial charge in [-0.1, -0.05) is 36.4 Å². The van der Waals surface area contributed by atoms with Crippen molar-refractivity contribution >= 4 is 28.6 Å². The molecule has 0 N–H and O–H groups in total. The van der Waals surface area contributed by atoms with E-state index in [1.165, 1.54) is 0 Å². The number of alkyl halides is 1. The Bertz CT molecular complexity index is 265. The zero-order valence-electron chi connectivity index (χ0n) is 8.43.